The van der Waals surface area contributed by atoms with Crippen molar-refractivity contribution in [2.75, 3.05) is 38.2 Å². The molecule has 34 heavy (non-hydrogen) atoms. The number of hydrogen-bond donors (Lipinski definition) is 1. The van der Waals surface area contributed by atoms with Crippen LogP contribution in [-0.2, 0) is 6.54 Å². The van der Waals surface area contributed by atoms with Gasteiger partial charge in [-0.2, -0.15) is 0 Å². The number of phenols is 1. The van der Waals surface area contributed by atoms with Crippen LogP contribution in [0.1, 0.15) is 5.56 Å². The second-order valence-electron chi connectivity index (χ2n) is 8.33. The first-order valence-electron chi connectivity index (χ1n) is 11.2. The molecule has 5 rings (SSSR count). The van der Waals surface area contributed by atoms with E-state index in [0.29, 0.717) is 71.8 Å². The van der Waals surface area contributed by atoms with Crippen molar-refractivity contribution in [3.63, 3.8) is 0 Å². The average Bonchev–Trinajstić information content (AvgIpc) is 2.87. The van der Waals surface area contributed by atoms with Gasteiger partial charge >= 0.3 is 0 Å². The Bertz CT molecular complexity index is 1390. The Morgan fingerprint density at radius 2 is 1.71 bits per heavy atom. The lowest BCUT2D eigenvalue weighted by Gasteiger charge is -2.36. The Labute approximate surface area is 196 Å². The van der Waals surface area contributed by atoms with Gasteiger partial charge in [-0.1, -0.05) is 30.3 Å². The van der Waals surface area contributed by atoms with Gasteiger partial charge in [-0.25, -0.2) is 4.39 Å². The molecular formula is C27H25FN2O4. The SMILES string of the molecule is COc1ccccc1-c1coc2c(CN3CCN(c4ccccc4F)CC3)c(O)ccc2c1=O. The normalized spacial score (nSPS) is 14.5. The third-order valence-electron chi connectivity index (χ3n) is 6.36. The number of anilines is 1. The molecule has 1 saturated heterocycles. The Hall–Kier alpha value is -3.84. The smallest absolute Gasteiger partial charge is 0.200 e. The third-order valence-corrected chi connectivity index (χ3v) is 6.36. The highest BCUT2D eigenvalue weighted by molar-refractivity contribution is 5.86. The molecule has 1 fully saturated rings. The average molecular weight is 461 g/mol. The van der Waals surface area contributed by atoms with E-state index in [0.717, 1.165) is 0 Å². The van der Waals surface area contributed by atoms with E-state index in [9.17, 15) is 14.3 Å². The quantitative estimate of drug-likeness (QED) is 0.468. The van der Waals surface area contributed by atoms with E-state index in [1.807, 2.05) is 29.2 Å². The van der Waals surface area contributed by atoms with Gasteiger partial charge in [-0.05, 0) is 30.3 Å². The van der Waals surface area contributed by atoms with Gasteiger partial charge in [0.2, 0.25) is 5.43 Å². The fourth-order valence-electron chi connectivity index (χ4n) is 4.53. The molecule has 1 aliphatic rings. The number of halogens is 1. The fraction of sp³-hybridized carbons (Fsp3) is 0.222. The maximum atomic E-state index is 14.1. The van der Waals surface area contributed by atoms with Crippen LogP contribution in [0.2, 0.25) is 0 Å². The van der Waals surface area contributed by atoms with Crippen molar-refractivity contribution in [3.05, 3.63) is 88.5 Å². The summed E-state index contributed by atoms with van der Waals surface area (Å²) in [7, 11) is 1.56. The first-order valence-corrected chi connectivity index (χ1v) is 11.2. The van der Waals surface area contributed by atoms with Crippen LogP contribution < -0.4 is 15.1 Å². The molecular weight excluding hydrogens is 435 g/mol. The summed E-state index contributed by atoms with van der Waals surface area (Å²) in [6, 6.07) is 17.2. The Balaban J connectivity index is 1.42. The minimum atomic E-state index is -0.227. The fourth-order valence-corrected chi connectivity index (χ4v) is 4.53. The molecule has 6 nitrogen and oxygen atoms in total. The summed E-state index contributed by atoms with van der Waals surface area (Å²) >= 11 is 0. The third kappa shape index (κ3) is 3.99. The van der Waals surface area contributed by atoms with E-state index in [-0.39, 0.29) is 17.0 Å². The van der Waals surface area contributed by atoms with Gasteiger partial charge in [0.15, 0.2) is 0 Å². The van der Waals surface area contributed by atoms with E-state index in [1.165, 1.54) is 18.4 Å². The topological polar surface area (TPSA) is 66.2 Å². The van der Waals surface area contributed by atoms with E-state index < -0.39 is 0 Å². The van der Waals surface area contributed by atoms with Gasteiger partial charge in [-0.15, -0.1) is 0 Å². The molecule has 7 heteroatoms. The van der Waals surface area contributed by atoms with Crippen molar-refractivity contribution in [2.24, 2.45) is 0 Å². The van der Waals surface area contributed by atoms with E-state index in [4.69, 9.17) is 9.15 Å². The number of methoxy groups -OCH3 is 1. The predicted molar refractivity (Wildman–Crippen MR) is 130 cm³/mol. The highest BCUT2D eigenvalue weighted by atomic mass is 19.1. The summed E-state index contributed by atoms with van der Waals surface area (Å²) in [5, 5.41) is 11.0. The Morgan fingerprint density at radius 1 is 0.971 bits per heavy atom. The van der Waals surface area contributed by atoms with Crippen LogP contribution in [-0.4, -0.2) is 43.3 Å². The monoisotopic (exact) mass is 460 g/mol. The number of fused-ring (bicyclic) bond motifs is 1. The van der Waals surface area contributed by atoms with Crippen molar-refractivity contribution in [1.82, 2.24) is 4.90 Å². The lowest BCUT2D eigenvalue weighted by atomic mass is 10.0. The molecule has 0 bridgehead atoms. The number of hydrogen-bond acceptors (Lipinski definition) is 6. The number of piperazine rings is 1. The maximum absolute atomic E-state index is 14.1. The van der Waals surface area contributed by atoms with Crippen LogP contribution >= 0.6 is 0 Å². The molecule has 0 radical (unpaired) electrons. The maximum Gasteiger partial charge on any atom is 0.200 e. The van der Waals surface area contributed by atoms with E-state index in [1.54, 1.807) is 31.4 Å². The summed E-state index contributed by atoms with van der Waals surface area (Å²) in [5.74, 6) is 0.438. The van der Waals surface area contributed by atoms with Gasteiger partial charge < -0.3 is 19.2 Å². The molecule has 1 aliphatic heterocycles. The summed E-state index contributed by atoms with van der Waals surface area (Å²) in [6.45, 7) is 3.12. The van der Waals surface area contributed by atoms with Gasteiger partial charge in [-0.3, -0.25) is 9.69 Å². The number of ether oxygens (including phenoxy) is 1. The van der Waals surface area contributed by atoms with Crippen LogP contribution in [0.15, 0.2) is 76.1 Å². The van der Waals surface area contributed by atoms with Gasteiger partial charge in [0.05, 0.1) is 29.3 Å². The molecule has 1 N–H and O–H groups in total. The van der Waals surface area contributed by atoms with Gasteiger partial charge in [0, 0.05) is 38.3 Å². The zero-order valence-electron chi connectivity index (χ0n) is 18.8. The largest absolute Gasteiger partial charge is 0.507 e. The number of para-hydroxylation sites is 2. The molecule has 0 unspecified atom stereocenters. The van der Waals surface area contributed by atoms with Crippen molar-refractivity contribution >= 4 is 16.7 Å². The molecule has 0 spiro atoms. The number of aromatic hydroxyl groups is 1. The first-order chi connectivity index (χ1) is 16.6. The van der Waals surface area contributed by atoms with Crippen LogP contribution in [0.25, 0.3) is 22.1 Å². The predicted octanol–water partition coefficient (Wildman–Crippen LogP) is 4.64. The van der Waals surface area contributed by atoms with Gasteiger partial charge in [0.25, 0.3) is 0 Å². The highest BCUT2D eigenvalue weighted by Crippen LogP contribution is 2.32. The molecule has 0 saturated carbocycles. The number of phenolic OH excluding ortho intramolecular Hbond substituents is 1. The summed E-state index contributed by atoms with van der Waals surface area (Å²) < 4.78 is 25.5. The standard InChI is InChI=1S/C27H25FN2O4/c1-33-25-9-5-2-6-18(25)21-17-34-27-19(26(21)32)10-11-24(31)20(27)16-29-12-14-30(15-13-29)23-8-4-3-7-22(23)28/h2-11,17,31H,12-16H2,1H3. The molecule has 4 aromatic rings. The van der Waals surface area contributed by atoms with Crippen LogP contribution in [0, 0.1) is 5.82 Å². The number of benzene rings is 3. The minimum absolute atomic E-state index is 0.0808. The number of rotatable bonds is 5. The van der Waals surface area contributed by atoms with Crippen molar-refractivity contribution in [2.45, 2.75) is 6.54 Å². The Kier molecular flexibility index (Phi) is 5.94. The first kappa shape index (κ1) is 22.0. The number of nitrogens with zero attached hydrogens (tertiary/aromatic N) is 2. The summed E-state index contributed by atoms with van der Waals surface area (Å²) in [4.78, 5) is 17.5. The highest BCUT2D eigenvalue weighted by Gasteiger charge is 2.23. The zero-order chi connectivity index (χ0) is 23.7. The van der Waals surface area contributed by atoms with Crippen LogP contribution in [0.5, 0.6) is 11.5 Å². The van der Waals surface area contributed by atoms with Gasteiger partial charge in [0.1, 0.15) is 29.2 Å². The zero-order valence-corrected chi connectivity index (χ0v) is 18.8. The van der Waals surface area contributed by atoms with Crippen LogP contribution in [0.4, 0.5) is 10.1 Å². The lowest BCUT2D eigenvalue weighted by Crippen LogP contribution is -2.46. The second-order valence-corrected chi connectivity index (χ2v) is 8.33. The molecule has 0 atom stereocenters. The Morgan fingerprint density at radius 3 is 2.47 bits per heavy atom. The summed E-state index contributed by atoms with van der Waals surface area (Å²) in [5.41, 5.74) is 2.42. The van der Waals surface area contributed by atoms with Crippen molar-refractivity contribution in [1.29, 1.82) is 0 Å². The molecule has 174 valence electrons. The summed E-state index contributed by atoms with van der Waals surface area (Å²) in [6.07, 6.45) is 1.43. The van der Waals surface area contributed by atoms with E-state index in [2.05, 4.69) is 4.90 Å². The van der Waals surface area contributed by atoms with Crippen LogP contribution in [0.3, 0.4) is 0 Å². The molecule has 3 aromatic carbocycles. The molecule has 2 heterocycles. The van der Waals surface area contributed by atoms with Crippen molar-refractivity contribution < 1.29 is 18.7 Å². The molecule has 0 aliphatic carbocycles. The minimum Gasteiger partial charge on any atom is -0.507 e. The second kappa shape index (κ2) is 9.19. The van der Waals surface area contributed by atoms with E-state index >= 15 is 0 Å². The lowest BCUT2D eigenvalue weighted by molar-refractivity contribution is 0.246. The molecule has 1 aromatic heterocycles. The molecule has 0 amide bonds. The van der Waals surface area contributed by atoms with Crippen molar-refractivity contribution in [3.8, 4) is 22.6 Å².